The molecule has 0 spiro atoms. The van der Waals surface area contributed by atoms with Crippen molar-refractivity contribution in [3.05, 3.63) is 18.0 Å². The standard InChI is InChI=1S/C13H22N4O/c1-3-17-9-12(8-16-17)10(2)14-6-7-15-13(18)11-4-5-11/h8-11,14H,3-7H2,1-2H3,(H,15,18). The molecule has 5 nitrogen and oxygen atoms in total. The molecule has 1 aromatic rings. The lowest BCUT2D eigenvalue weighted by molar-refractivity contribution is -0.122. The van der Waals surface area contributed by atoms with Gasteiger partial charge in [-0.1, -0.05) is 0 Å². The lowest BCUT2D eigenvalue weighted by Gasteiger charge is -2.12. The molecule has 0 aliphatic heterocycles. The maximum absolute atomic E-state index is 11.4. The molecule has 0 saturated heterocycles. The molecule has 1 aromatic heterocycles. The number of carbonyl (C=O) groups is 1. The monoisotopic (exact) mass is 250 g/mol. The first kappa shape index (κ1) is 13.1. The Bertz CT molecular complexity index is 397. The molecule has 2 rings (SSSR count). The van der Waals surface area contributed by atoms with Crippen molar-refractivity contribution in [2.45, 2.75) is 39.3 Å². The van der Waals surface area contributed by atoms with Gasteiger partial charge in [0, 0.05) is 43.4 Å². The topological polar surface area (TPSA) is 59.0 Å². The molecule has 1 atom stereocenters. The van der Waals surface area contributed by atoms with Crippen LogP contribution in [0.1, 0.15) is 38.3 Å². The van der Waals surface area contributed by atoms with E-state index in [1.807, 2.05) is 10.9 Å². The van der Waals surface area contributed by atoms with E-state index in [0.717, 1.165) is 25.9 Å². The molecule has 18 heavy (non-hydrogen) atoms. The predicted molar refractivity (Wildman–Crippen MR) is 70.1 cm³/mol. The third-order valence-electron chi connectivity index (χ3n) is 3.30. The number of amides is 1. The summed E-state index contributed by atoms with van der Waals surface area (Å²) in [6.45, 7) is 6.56. The molecule has 1 amide bonds. The molecule has 1 fully saturated rings. The number of carbonyl (C=O) groups excluding carboxylic acids is 1. The fraction of sp³-hybridized carbons (Fsp3) is 0.692. The Balaban J connectivity index is 1.64. The minimum atomic E-state index is 0.211. The largest absolute Gasteiger partial charge is 0.355 e. The number of nitrogens with zero attached hydrogens (tertiary/aromatic N) is 2. The van der Waals surface area contributed by atoms with Gasteiger partial charge in [-0.15, -0.1) is 0 Å². The lowest BCUT2D eigenvalue weighted by atomic mass is 10.2. The van der Waals surface area contributed by atoms with Crippen LogP contribution in [0.3, 0.4) is 0 Å². The first-order valence-electron chi connectivity index (χ1n) is 6.74. The summed E-state index contributed by atoms with van der Waals surface area (Å²) in [7, 11) is 0. The van der Waals surface area contributed by atoms with Crippen LogP contribution in [0.25, 0.3) is 0 Å². The van der Waals surface area contributed by atoms with Gasteiger partial charge >= 0.3 is 0 Å². The summed E-state index contributed by atoms with van der Waals surface area (Å²) in [5.74, 6) is 0.508. The van der Waals surface area contributed by atoms with Crippen LogP contribution in [-0.2, 0) is 11.3 Å². The van der Waals surface area contributed by atoms with Gasteiger partial charge in [-0.05, 0) is 26.7 Å². The minimum Gasteiger partial charge on any atom is -0.355 e. The minimum absolute atomic E-state index is 0.211. The van der Waals surface area contributed by atoms with E-state index in [0.29, 0.717) is 12.5 Å². The fourth-order valence-electron chi connectivity index (χ4n) is 1.86. The van der Waals surface area contributed by atoms with Crippen LogP contribution in [0, 0.1) is 5.92 Å². The van der Waals surface area contributed by atoms with Crippen LogP contribution >= 0.6 is 0 Å². The molecular weight excluding hydrogens is 228 g/mol. The molecular formula is C13H22N4O. The first-order chi connectivity index (χ1) is 8.70. The zero-order chi connectivity index (χ0) is 13.0. The molecule has 1 unspecified atom stereocenters. The second-order valence-electron chi connectivity index (χ2n) is 4.87. The zero-order valence-corrected chi connectivity index (χ0v) is 11.1. The highest BCUT2D eigenvalue weighted by Crippen LogP contribution is 2.28. The summed E-state index contributed by atoms with van der Waals surface area (Å²) in [6.07, 6.45) is 6.07. The van der Waals surface area contributed by atoms with Crippen LogP contribution in [0.15, 0.2) is 12.4 Å². The van der Waals surface area contributed by atoms with Crippen molar-refractivity contribution in [3.63, 3.8) is 0 Å². The molecule has 0 bridgehead atoms. The summed E-state index contributed by atoms with van der Waals surface area (Å²) in [6, 6.07) is 0.267. The van der Waals surface area contributed by atoms with Crippen LogP contribution in [0.2, 0.25) is 0 Å². The molecule has 2 N–H and O–H groups in total. The van der Waals surface area contributed by atoms with Crippen molar-refractivity contribution in [2.24, 2.45) is 5.92 Å². The van der Waals surface area contributed by atoms with Crippen molar-refractivity contribution in [1.82, 2.24) is 20.4 Å². The number of nitrogens with one attached hydrogen (secondary N) is 2. The van der Waals surface area contributed by atoms with Crippen LogP contribution in [-0.4, -0.2) is 28.8 Å². The Labute approximate surface area is 108 Å². The second-order valence-corrected chi connectivity index (χ2v) is 4.87. The molecule has 1 heterocycles. The van der Waals surface area contributed by atoms with E-state index in [-0.39, 0.29) is 11.9 Å². The third-order valence-corrected chi connectivity index (χ3v) is 3.30. The number of rotatable bonds is 7. The number of hydrogen-bond acceptors (Lipinski definition) is 3. The maximum Gasteiger partial charge on any atom is 0.223 e. The Morgan fingerprint density at radius 3 is 2.94 bits per heavy atom. The summed E-state index contributed by atoms with van der Waals surface area (Å²) >= 11 is 0. The van der Waals surface area contributed by atoms with E-state index in [4.69, 9.17) is 0 Å². The van der Waals surface area contributed by atoms with Crippen molar-refractivity contribution >= 4 is 5.91 Å². The average molecular weight is 250 g/mol. The number of hydrogen-bond donors (Lipinski definition) is 2. The summed E-state index contributed by atoms with van der Waals surface area (Å²) in [5, 5.41) is 10.6. The van der Waals surface area contributed by atoms with E-state index < -0.39 is 0 Å². The predicted octanol–water partition coefficient (Wildman–Crippen LogP) is 1.08. The van der Waals surface area contributed by atoms with Gasteiger partial charge in [0.25, 0.3) is 0 Å². The van der Waals surface area contributed by atoms with Gasteiger partial charge in [0.15, 0.2) is 0 Å². The summed E-state index contributed by atoms with van der Waals surface area (Å²) in [5.41, 5.74) is 1.19. The van der Waals surface area contributed by atoms with Crippen LogP contribution in [0.4, 0.5) is 0 Å². The van der Waals surface area contributed by atoms with E-state index in [1.165, 1.54) is 5.56 Å². The highest BCUT2D eigenvalue weighted by molar-refractivity contribution is 5.80. The average Bonchev–Trinajstić information content (AvgIpc) is 3.12. The number of aromatic nitrogens is 2. The van der Waals surface area contributed by atoms with Crippen molar-refractivity contribution in [2.75, 3.05) is 13.1 Å². The zero-order valence-electron chi connectivity index (χ0n) is 11.1. The van der Waals surface area contributed by atoms with Gasteiger partial charge in [0.1, 0.15) is 0 Å². The van der Waals surface area contributed by atoms with Gasteiger partial charge in [0.2, 0.25) is 5.91 Å². The van der Waals surface area contributed by atoms with E-state index in [2.05, 4.69) is 35.8 Å². The highest BCUT2D eigenvalue weighted by Gasteiger charge is 2.28. The third kappa shape index (κ3) is 3.57. The van der Waals surface area contributed by atoms with Gasteiger partial charge in [-0.2, -0.15) is 5.10 Å². The molecule has 1 aliphatic carbocycles. The molecule has 1 aliphatic rings. The van der Waals surface area contributed by atoms with Gasteiger partial charge in [0.05, 0.1) is 6.20 Å². The SMILES string of the molecule is CCn1cc(C(C)NCCNC(=O)C2CC2)cn1. The smallest absolute Gasteiger partial charge is 0.223 e. The Kier molecular flexibility index (Phi) is 4.36. The van der Waals surface area contributed by atoms with E-state index >= 15 is 0 Å². The Morgan fingerprint density at radius 2 is 2.33 bits per heavy atom. The Morgan fingerprint density at radius 1 is 1.56 bits per heavy atom. The second kappa shape index (κ2) is 6.00. The molecule has 5 heteroatoms. The Hall–Kier alpha value is -1.36. The normalized spacial score (nSPS) is 16.6. The first-order valence-corrected chi connectivity index (χ1v) is 6.74. The van der Waals surface area contributed by atoms with Crippen LogP contribution in [0.5, 0.6) is 0 Å². The van der Waals surface area contributed by atoms with Crippen molar-refractivity contribution in [3.8, 4) is 0 Å². The molecule has 100 valence electrons. The van der Waals surface area contributed by atoms with Crippen molar-refractivity contribution in [1.29, 1.82) is 0 Å². The van der Waals surface area contributed by atoms with Gasteiger partial charge < -0.3 is 10.6 Å². The van der Waals surface area contributed by atoms with Gasteiger partial charge in [-0.3, -0.25) is 9.48 Å². The fourth-order valence-corrected chi connectivity index (χ4v) is 1.86. The van der Waals surface area contributed by atoms with Crippen LogP contribution < -0.4 is 10.6 Å². The lowest BCUT2D eigenvalue weighted by Crippen LogP contribution is -2.33. The summed E-state index contributed by atoms with van der Waals surface area (Å²) < 4.78 is 1.92. The molecule has 0 aromatic carbocycles. The summed E-state index contributed by atoms with van der Waals surface area (Å²) in [4.78, 5) is 11.4. The maximum atomic E-state index is 11.4. The number of aryl methyl sites for hydroxylation is 1. The molecule has 0 radical (unpaired) electrons. The quantitative estimate of drug-likeness (QED) is 0.712. The van der Waals surface area contributed by atoms with Crippen molar-refractivity contribution < 1.29 is 4.79 Å². The van der Waals surface area contributed by atoms with Gasteiger partial charge in [-0.25, -0.2) is 0 Å². The van der Waals surface area contributed by atoms with E-state index in [9.17, 15) is 4.79 Å². The molecule has 1 saturated carbocycles. The highest BCUT2D eigenvalue weighted by atomic mass is 16.2. The van der Waals surface area contributed by atoms with E-state index in [1.54, 1.807) is 0 Å².